The second-order valence-electron chi connectivity index (χ2n) is 4.57. The fraction of sp³-hybridized carbons (Fsp3) is 0.312. The van der Waals surface area contributed by atoms with Gasteiger partial charge in [0.2, 0.25) is 5.88 Å². The van der Waals surface area contributed by atoms with Crippen LogP contribution in [0.25, 0.3) is 0 Å². The van der Waals surface area contributed by atoms with E-state index in [9.17, 15) is 0 Å². The van der Waals surface area contributed by atoms with Crippen LogP contribution in [-0.2, 0) is 0 Å². The highest BCUT2D eigenvalue weighted by molar-refractivity contribution is 5.38. The minimum absolute atomic E-state index is 0.178. The number of nitrogens with zero attached hydrogens (tertiary/aromatic N) is 3. The van der Waals surface area contributed by atoms with Gasteiger partial charge >= 0.3 is 0 Å². The molecule has 0 aliphatic carbocycles. The molecule has 4 heteroatoms. The SMILES string of the molecule is CCCC(Oc1nc(C)ccc1C#N)c1ccccn1. The van der Waals surface area contributed by atoms with E-state index in [0.29, 0.717) is 11.4 Å². The lowest BCUT2D eigenvalue weighted by Crippen LogP contribution is -2.11. The van der Waals surface area contributed by atoms with Gasteiger partial charge in [-0.3, -0.25) is 4.98 Å². The minimum atomic E-state index is -0.178. The summed E-state index contributed by atoms with van der Waals surface area (Å²) in [6, 6.07) is 11.4. The van der Waals surface area contributed by atoms with Crippen LogP contribution in [0, 0.1) is 18.3 Å². The van der Waals surface area contributed by atoms with Crippen LogP contribution in [0.1, 0.15) is 42.8 Å². The lowest BCUT2D eigenvalue weighted by molar-refractivity contribution is 0.180. The Morgan fingerprint density at radius 3 is 2.80 bits per heavy atom. The fourth-order valence-corrected chi connectivity index (χ4v) is 1.94. The molecule has 0 aliphatic rings. The molecule has 0 amide bonds. The molecule has 2 rings (SSSR count). The van der Waals surface area contributed by atoms with Gasteiger partial charge < -0.3 is 4.74 Å². The van der Waals surface area contributed by atoms with E-state index in [-0.39, 0.29) is 6.10 Å². The first-order valence-corrected chi connectivity index (χ1v) is 6.70. The van der Waals surface area contributed by atoms with Gasteiger partial charge in [-0.15, -0.1) is 0 Å². The summed E-state index contributed by atoms with van der Waals surface area (Å²) in [7, 11) is 0. The van der Waals surface area contributed by atoms with Crippen molar-refractivity contribution in [2.75, 3.05) is 0 Å². The van der Waals surface area contributed by atoms with E-state index in [0.717, 1.165) is 24.2 Å². The molecule has 1 unspecified atom stereocenters. The molecule has 20 heavy (non-hydrogen) atoms. The van der Waals surface area contributed by atoms with E-state index in [2.05, 4.69) is 23.0 Å². The topological polar surface area (TPSA) is 58.8 Å². The quantitative estimate of drug-likeness (QED) is 0.830. The smallest absolute Gasteiger partial charge is 0.232 e. The molecule has 0 N–H and O–H groups in total. The molecule has 2 aromatic heterocycles. The predicted molar refractivity (Wildman–Crippen MR) is 76.2 cm³/mol. The van der Waals surface area contributed by atoms with E-state index >= 15 is 0 Å². The van der Waals surface area contributed by atoms with Gasteiger partial charge in [-0.2, -0.15) is 5.26 Å². The van der Waals surface area contributed by atoms with E-state index in [4.69, 9.17) is 10.00 Å². The van der Waals surface area contributed by atoms with Crippen molar-refractivity contribution in [3.8, 4) is 11.9 Å². The molecule has 0 aromatic carbocycles. The average Bonchev–Trinajstić information content (AvgIpc) is 2.48. The Kier molecular flexibility index (Phi) is 4.67. The van der Waals surface area contributed by atoms with E-state index < -0.39 is 0 Å². The van der Waals surface area contributed by atoms with Gasteiger partial charge in [0.25, 0.3) is 0 Å². The zero-order chi connectivity index (χ0) is 14.4. The molecule has 0 aliphatic heterocycles. The zero-order valence-electron chi connectivity index (χ0n) is 11.7. The van der Waals surface area contributed by atoms with Gasteiger partial charge in [0.1, 0.15) is 17.7 Å². The van der Waals surface area contributed by atoms with Crippen molar-refractivity contribution in [1.82, 2.24) is 9.97 Å². The Hall–Kier alpha value is -2.41. The molecule has 0 spiro atoms. The number of nitriles is 1. The lowest BCUT2D eigenvalue weighted by Gasteiger charge is -2.18. The Morgan fingerprint density at radius 2 is 2.15 bits per heavy atom. The standard InChI is InChI=1S/C16H17N3O/c1-3-6-15(14-7-4-5-10-18-14)20-16-13(11-17)9-8-12(2)19-16/h4-5,7-10,15H,3,6H2,1-2H3. The number of rotatable bonds is 5. The Bertz CT molecular complexity index is 605. The summed E-state index contributed by atoms with van der Waals surface area (Å²) in [5.41, 5.74) is 2.14. The van der Waals surface area contributed by atoms with Crippen LogP contribution in [0.3, 0.4) is 0 Å². The molecule has 4 nitrogen and oxygen atoms in total. The highest BCUT2D eigenvalue weighted by Crippen LogP contribution is 2.25. The number of pyridine rings is 2. The molecule has 0 bridgehead atoms. The van der Waals surface area contributed by atoms with Crippen LogP contribution in [-0.4, -0.2) is 9.97 Å². The molecule has 0 fully saturated rings. The molecular weight excluding hydrogens is 250 g/mol. The first-order chi connectivity index (χ1) is 9.74. The molecule has 0 radical (unpaired) electrons. The van der Waals surface area contributed by atoms with Crippen molar-refractivity contribution in [3.05, 3.63) is 53.5 Å². The summed E-state index contributed by atoms with van der Waals surface area (Å²) in [5.74, 6) is 0.386. The Balaban J connectivity index is 2.29. The average molecular weight is 267 g/mol. The van der Waals surface area contributed by atoms with Crippen molar-refractivity contribution in [2.24, 2.45) is 0 Å². The second-order valence-corrected chi connectivity index (χ2v) is 4.57. The van der Waals surface area contributed by atoms with Gasteiger partial charge in [-0.1, -0.05) is 19.4 Å². The molecule has 2 heterocycles. The lowest BCUT2D eigenvalue weighted by atomic mass is 10.1. The highest BCUT2D eigenvalue weighted by Gasteiger charge is 2.16. The van der Waals surface area contributed by atoms with Gasteiger partial charge in [0.15, 0.2) is 0 Å². The number of ether oxygens (including phenoxy) is 1. The highest BCUT2D eigenvalue weighted by atomic mass is 16.5. The van der Waals surface area contributed by atoms with E-state index in [1.54, 1.807) is 18.3 Å². The van der Waals surface area contributed by atoms with Crippen molar-refractivity contribution < 1.29 is 4.74 Å². The molecule has 1 atom stereocenters. The molecule has 0 saturated carbocycles. The predicted octanol–water partition coefficient (Wildman–Crippen LogP) is 3.58. The third-order valence-corrected chi connectivity index (χ3v) is 2.94. The summed E-state index contributed by atoms with van der Waals surface area (Å²) in [4.78, 5) is 8.66. The normalized spacial score (nSPS) is 11.7. The molecule has 0 saturated heterocycles. The third-order valence-electron chi connectivity index (χ3n) is 2.94. The summed E-state index contributed by atoms with van der Waals surface area (Å²) in [6.45, 7) is 3.97. The van der Waals surface area contributed by atoms with Gasteiger partial charge in [-0.25, -0.2) is 4.98 Å². The van der Waals surface area contributed by atoms with Gasteiger partial charge in [0, 0.05) is 11.9 Å². The molecular formula is C16H17N3O. The maximum Gasteiger partial charge on any atom is 0.232 e. The third kappa shape index (κ3) is 3.33. The first-order valence-electron chi connectivity index (χ1n) is 6.70. The van der Waals surface area contributed by atoms with Crippen molar-refractivity contribution in [2.45, 2.75) is 32.8 Å². The van der Waals surface area contributed by atoms with Gasteiger partial charge in [-0.05, 0) is 37.6 Å². The van der Waals surface area contributed by atoms with Crippen LogP contribution < -0.4 is 4.74 Å². The van der Waals surface area contributed by atoms with Crippen LogP contribution in [0.15, 0.2) is 36.5 Å². The van der Waals surface area contributed by atoms with Crippen LogP contribution in [0.2, 0.25) is 0 Å². The molecule has 2 aromatic rings. The Labute approximate surface area is 119 Å². The largest absolute Gasteiger partial charge is 0.467 e. The Morgan fingerprint density at radius 1 is 1.30 bits per heavy atom. The monoisotopic (exact) mass is 267 g/mol. The van der Waals surface area contributed by atoms with Crippen molar-refractivity contribution >= 4 is 0 Å². The maximum atomic E-state index is 9.14. The van der Waals surface area contributed by atoms with E-state index in [1.807, 2.05) is 25.1 Å². The summed E-state index contributed by atoms with van der Waals surface area (Å²) in [5, 5.41) is 9.14. The number of hydrogen-bond donors (Lipinski definition) is 0. The number of hydrogen-bond acceptors (Lipinski definition) is 4. The fourth-order valence-electron chi connectivity index (χ4n) is 1.94. The second kappa shape index (κ2) is 6.67. The number of aryl methyl sites for hydroxylation is 1. The van der Waals surface area contributed by atoms with Gasteiger partial charge in [0.05, 0.1) is 5.69 Å². The van der Waals surface area contributed by atoms with Crippen molar-refractivity contribution in [1.29, 1.82) is 5.26 Å². The summed E-state index contributed by atoms with van der Waals surface area (Å²) < 4.78 is 5.95. The summed E-state index contributed by atoms with van der Waals surface area (Å²) >= 11 is 0. The zero-order valence-corrected chi connectivity index (χ0v) is 11.7. The maximum absolute atomic E-state index is 9.14. The first kappa shape index (κ1) is 14.0. The number of aromatic nitrogens is 2. The summed E-state index contributed by atoms with van der Waals surface area (Å²) in [6.07, 6.45) is 3.37. The van der Waals surface area contributed by atoms with Crippen LogP contribution in [0.4, 0.5) is 0 Å². The van der Waals surface area contributed by atoms with E-state index in [1.165, 1.54) is 0 Å². The molecule has 102 valence electrons. The van der Waals surface area contributed by atoms with Crippen LogP contribution in [0.5, 0.6) is 5.88 Å². The van der Waals surface area contributed by atoms with Crippen LogP contribution >= 0.6 is 0 Å². The minimum Gasteiger partial charge on any atom is -0.467 e. The van der Waals surface area contributed by atoms with Crippen molar-refractivity contribution in [3.63, 3.8) is 0 Å².